The summed E-state index contributed by atoms with van der Waals surface area (Å²) in [6.07, 6.45) is 2.98. The summed E-state index contributed by atoms with van der Waals surface area (Å²) in [4.78, 5) is 1.41. The van der Waals surface area contributed by atoms with Gasteiger partial charge in [0.15, 0.2) is 0 Å². The minimum absolute atomic E-state index is 0.271. The second-order valence-corrected chi connectivity index (χ2v) is 6.17. The van der Waals surface area contributed by atoms with Crippen molar-refractivity contribution in [3.05, 3.63) is 41.7 Å². The molecule has 4 nitrogen and oxygen atoms in total. The number of rotatable bonds is 5. The third-order valence-corrected chi connectivity index (χ3v) is 5.06. The number of aromatic nitrogens is 3. The Morgan fingerprint density at radius 2 is 2.30 bits per heavy atom. The van der Waals surface area contributed by atoms with Gasteiger partial charge in [0.1, 0.15) is 0 Å². The van der Waals surface area contributed by atoms with Gasteiger partial charge in [0.05, 0.1) is 17.9 Å². The average molecular weight is 288 g/mol. The van der Waals surface area contributed by atoms with Crippen LogP contribution >= 0.6 is 11.8 Å². The van der Waals surface area contributed by atoms with E-state index in [1.54, 1.807) is 0 Å². The summed E-state index contributed by atoms with van der Waals surface area (Å²) in [6.45, 7) is 3.09. The molecule has 1 aromatic heterocycles. The van der Waals surface area contributed by atoms with Gasteiger partial charge in [-0.15, -0.1) is 16.9 Å². The molecule has 3 rings (SSSR count). The SMILES string of the molecule is CCCn1nncc1C(NC)C1CSc2ccccc21. The summed E-state index contributed by atoms with van der Waals surface area (Å²) < 4.78 is 2.03. The number of nitrogens with one attached hydrogen (secondary N) is 1. The van der Waals surface area contributed by atoms with E-state index in [1.165, 1.54) is 16.2 Å². The molecule has 0 saturated carbocycles. The van der Waals surface area contributed by atoms with Crippen molar-refractivity contribution in [3.8, 4) is 0 Å². The second-order valence-electron chi connectivity index (χ2n) is 5.10. The third kappa shape index (κ3) is 2.36. The summed E-state index contributed by atoms with van der Waals surface area (Å²) in [6, 6.07) is 8.98. The van der Waals surface area contributed by atoms with Crippen LogP contribution in [0.5, 0.6) is 0 Å². The Morgan fingerprint density at radius 1 is 1.45 bits per heavy atom. The molecule has 2 atom stereocenters. The number of hydrogen-bond acceptors (Lipinski definition) is 4. The summed E-state index contributed by atoms with van der Waals surface area (Å²) in [7, 11) is 2.03. The fraction of sp³-hybridized carbons (Fsp3) is 0.467. The molecule has 0 saturated heterocycles. The minimum Gasteiger partial charge on any atom is -0.311 e. The van der Waals surface area contributed by atoms with Crippen molar-refractivity contribution >= 4 is 11.8 Å². The molecule has 1 N–H and O–H groups in total. The number of hydrogen-bond donors (Lipinski definition) is 1. The maximum atomic E-state index is 4.22. The van der Waals surface area contributed by atoms with Crippen LogP contribution in [0.1, 0.15) is 36.6 Å². The first-order valence-electron chi connectivity index (χ1n) is 7.12. The molecule has 2 heterocycles. The fourth-order valence-corrected chi connectivity index (χ4v) is 4.20. The molecule has 0 spiro atoms. The van der Waals surface area contributed by atoms with Gasteiger partial charge in [-0.1, -0.05) is 30.3 Å². The smallest absolute Gasteiger partial charge is 0.0763 e. The Hall–Kier alpha value is -1.33. The summed E-state index contributed by atoms with van der Waals surface area (Å²) in [5.41, 5.74) is 2.64. The van der Waals surface area contributed by atoms with Crippen molar-refractivity contribution in [3.63, 3.8) is 0 Å². The lowest BCUT2D eigenvalue weighted by Gasteiger charge is -2.23. The van der Waals surface area contributed by atoms with Gasteiger partial charge in [0, 0.05) is 23.1 Å². The predicted molar refractivity (Wildman–Crippen MR) is 82.0 cm³/mol. The largest absolute Gasteiger partial charge is 0.311 e. The molecule has 5 heteroatoms. The average Bonchev–Trinajstić information content (AvgIpc) is 3.09. The lowest BCUT2D eigenvalue weighted by atomic mass is 9.91. The van der Waals surface area contributed by atoms with Crippen LogP contribution < -0.4 is 5.32 Å². The van der Waals surface area contributed by atoms with Gasteiger partial charge in [0.25, 0.3) is 0 Å². The van der Waals surface area contributed by atoms with Crippen molar-refractivity contribution in [2.45, 2.75) is 36.7 Å². The van der Waals surface area contributed by atoms with Gasteiger partial charge >= 0.3 is 0 Å². The van der Waals surface area contributed by atoms with E-state index in [0.717, 1.165) is 18.7 Å². The van der Waals surface area contributed by atoms with E-state index in [4.69, 9.17) is 0 Å². The number of fused-ring (bicyclic) bond motifs is 1. The van der Waals surface area contributed by atoms with Crippen LogP contribution in [0, 0.1) is 0 Å². The van der Waals surface area contributed by atoms with Gasteiger partial charge in [0.2, 0.25) is 0 Å². The highest BCUT2D eigenvalue weighted by Crippen LogP contribution is 2.45. The summed E-state index contributed by atoms with van der Waals surface area (Å²) >= 11 is 1.95. The zero-order chi connectivity index (χ0) is 13.9. The van der Waals surface area contributed by atoms with E-state index in [9.17, 15) is 0 Å². The highest BCUT2D eigenvalue weighted by molar-refractivity contribution is 7.99. The van der Waals surface area contributed by atoms with E-state index in [1.807, 2.05) is 29.7 Å². The number of likely N-dealkylation sites (N-methyl/N-ethyl adjacent to an activating group) is 1. The number of benzene rings is 1. The van der Waals surface area contributed by atoms with Gasteiger partial charge in [-0.3, -0.25) is 0 Å². The zero-order valence-corrected chi connectivity index (χ0v) is 12.7. The standard InChI is InChI=1S/C15H20N4S/c1-3-8-19-13(9-17-18-19)15(16-2)12-10-20-14-7-5-4-6-11(12)14/h4-7,9,12,15-16H,3,8,10H2,1-2H3. The topological polar surface area (TPSA) is 42.7 Å². The lowest BCUT2D eigenvalue weighted by molar-refractivity contribution is 0.452. The van der Waals surface area contributed by atoms with Crippen LogP contribution in [0.25, 0.3) is 0 Å². The van der Waals surface area contributed by atoms with Crippen molar-refractivity contribution in [1.29, 1.82) is 0 Å². The Morgan fingerprint density at radius 3 is 3.10 bits per heavy atom. The molecule has 106 valence electrons. The van der Waals surface area contributed by atoms with E-state index in [0.29, 0.717) is 5.92 Å². The van der Waals surface area contributed by atoms with Gasteiger partial charge in [-0.05, 0) is 25.1 Å². The Bertz CT molecular complexity index is 581. The fourth-order valence-electron chi connectivity index (χ4n) is 2.91. The van der Waals surface area contributed by atoms with Crippen molar-refractivity contribution < 1.29 is 0 Å². The van der Waals surface area contributed by atoms with Gasteiger partial charge in [-0.25, -0.2) is 4.68 Å². The normalized spacial score (nSPS) is 19.0. The van der Waals surface area contributed by atoms with Crippen LogP contribution in [0.3, 0.4) is 0 Å². The molecule has 0 amide bonds. The van der Waals surface area contributed by atoms with E-state index in [2.05, 4.69) is 46.8 Å². The van der Waals surface area contributed by atoms with Crippen molar-refractivity contribution in [2.24, 2.45) is 0 Å². The Labute approximate surface area is 124 Å². The Balaban J connectivity index is 1.93. The molecule has 20 heavy (non-hydrogen) atoms. The molecule has 2 aromatic rings. The first kappa shape index (κ1) is 13.6. The molecule has 0 radical (unpaired) electrons. The zero-order valence-electron chi connectivity index (χ0n) is 11.9. The van der Waals surface area contributed by atoms with Crippen molar-refractivity contribution in [1.82, 2.24) is 20.3 Å². The van der Waals surface area contributed by atoms with Gasteiger partial charge in [-0.2, -0.15) is 0 Å². The Kier molecular flexibility index (Phi) is 4.08. The van der Waals surface area contributed by atoms with Crippen LogP contribution in [0.2, 0.25) is 0 Å². The highest BCUT2D eigenvalue weighted by atomic mass is 32.2. The first-order valence-corrected chi connectivity index (χ1v) is 8.11. The van der Waals surface area contributed by atoms with Crippen LogP contribution in [0.4, 0.5) is 0 Å². The minimum atomic E-state index is 0.271. The van der Waals surface area contributed by atoms with Crippen molar-refractivity contribution in [2.75, 3.05) is 12.8 Å². The maximum Gasteiger partial charge on any atom is 0.0763 e. The monoisotopic (exact) mass is 288 g/mol. The molecule has 0 aliphatic carbocycles. The van der Waals surface area contributed by atoms with E-state index >= 15 is 0 Å². The quantitative estimate of drug-likeness (QED) is 0.918. The molecule has 0 bridgehead atoms. The molecule has 1 aliphatic rings. The first-order chi connectivity index (χ1) is 9.85. The molecule has 1 aromatic carbocycles. The highest BCUT2D eigenvalue weighted by Gasteiger charge is 2.32. The van der Waals surface area contributed by atoms with Crippen LogP contribution in [0.15, 0.2) is 35.4 Å². The maximum absolute atomic E-state index is 4.22. The van der Waals surface area contributed by atoms with Crippen LogP contribution in [-0.4, -0.2) is 27.8 Å². The lowest BCUT2D eigenvalue weighted by Crippen LogP contribution is -2.26. The molecular formula is C15H20N4S. The second kappa shape index (κ2) is 5.97. The molecule has 1 aliphatic heterocycles. The predicted octanol–water partition coefficient (Wildman–Crippen LogP) is 2.84. The summed E-state index contributed by atoms with van der Waals surface area (Å²) in [5, 5.41) is 11.8. The molecule has 2 unspecified atom stereocenters. The third-order valence-electron chi connectivity index (χ3n) is 3.85. The number of nitrogens with zero attached hydrogens (tertiary/aromatic N) is 3. The molecular weight excluding hydrogens is 268 g/mol. The van der Waals surface area contributed by atoms with E-state index < -0.39 is 0 Å². The number of aryl methyl sites for hydroxylation is 1. The van der Waals surface area contributed by atoms with Crippen LogP contribution in [-0.2, 0) is 6.54 Å². The summed E-state index contributed by atoms with van der Waals surface area (Å²) in [5.74, 6) is 1.60. The molecule has 0 fully saturated rings. The van der Waals surface area contributed by atoms with E-state index in [-0.39, 0.29) is 6.04 Å². The van der Waals surface area contributed by atoms with Gasteiger partial charge < -0.3 is 5.32 Å². The number of thioether (sulfide) groups is 1.